The van der Waals surface area contributed by atoms with Crippen molar-refractivity contribution in [3.8, 4) is 0 Å². The summed E-state index contributed by atoms with van der Waals surface area (Å²) in [6.45, 7) is 1.97. The van der Waals surface area contributed by atoms with Crippen LogP contribution in [0.15, 0.2) is 52.8 Å². The molecule has 0 aliphatic carbocycles. The molecule has 0 spiro atoms. The van der Waals surface area contributed by atoms with Crippen LogP contribution < -0.4 is 5.73 Å². The summed E-state index contributed by atoms with van der Waals surface area (Å²) in [6.07, 6.45) is 5.34. The van der Waals surface area contributed by atoms with E-state index in [0.717, 1.165) is 15.5 Å². The van der Waals surface area contributed by atoms with Gasteiger partial charge in [-0.25, -0.2) is 4.98 Å². The van der Waals surface area contributed by atoms with Crippen molar-refractivity contribution in [2.24, 2.45) is 5.73 Å². The fourth-order valence-corrected chi connectivity index (χ4v) is 2.32. The molecule has 16 heavy (non-hydrogen) atoms. The monoisotopic (exact) mass is 231 g/mol. The third-order valence-corrected chi connectivity index (χ3v) is 3.20. The molecule has 2 N–H and O–H groups in total. The van der Waals surface area contributed by atoms with Crippen LogP contribution in [-0.4, -0.2) is 9.97 Å². The lowest BCUT2D eigenvalue weighted by Crippen LogP contribution is -2.07. The second-order valence-electron chi connectivity index (χ2n) is 3.47. The highest BCUT2D eigenvalue weighted by atomic mass is 32.2. The SMILES string of the molecule is CC(N)c1cccnc1Sc1ccncc1. The highest BCUT2D eigenvalue weighted by molar-refractivity contribution is 7.99. The number of hydrogen-bond acceptors (Lipinski definition) is 4. The minimum absolute atomic E-state index is 0.00182. The van der Waals surface area contributed by atoms with E-state index in [1.54, 1.807) is 30.4 Å². The van der Waals surface area contributed by atoms with Gasteiger partial charge in [0.2, 0.25) is 0 Å². The van der Waals surface area contributed by atoms with Crippen LogP contribution in [0.2, 0.25) is 0 Å². The van der Waals surface area contributed by atoms with Crippen molar-refractivity contribution in [2.45, 2.75) is 22.9 Å². The molecule has 0 saturated carbocycles. The highest BCUT2D eigenvalue weighted by Crippen LogP contribution is 2.30. The highest BCUT2D eigenvalue weighted by Gasteiger charge is 2.08. The largest absolute Gasteiger partial charge is 0.324 e. The Hall–Kier alpha value is -1.39. The maximum absolute atomic E-state index is 5.90. The van der Waals surface area contributed by atoms with Gasteiger partial charge in [-0.15, -0.1) is 0 Å². The van der Waals surface area contributed by atoms with Crippen LogP contribution in [0.3, 0.4) is 0 Å². The van der Waals surface area contributed by atoms with E-state index in [1.807, 2.05) is 31.2 Å². The first-order valence-electron chi connectivity index (χ1n) is 5.06. The topological polar surface area (TPSA) is 51.8 Å². The summed E-state index contributed by atoms with van der Waals surface area (Å²) < 4.78 is 0. The van der Waals surface area contributed by atoms with Gasteiger partial charge in [-0.1, -0.05) is 17.8 Å². The Balaban J connectivity index is 2.28. The summed E-state index contributed by atoms with van der Waals surface area (Å²) in [6, 6.07) is 7.85. The van der Waals surface area contributed by atoms with Crippen molar-refractivity contribution in [3.05, 3.63) is 48.4 Å². The molecule has 3 nitrogen and oxygen atoms in total. The standard InChI is InChI=1S/C12H13N3S/c1-9(13)11-3-2-6-15-12(11)16-10-4-7-14-8-5-10/h2-9H,13H2,1H3. The van der Waals surface area contributed by atoms with Crippen molar-refractivity contribution in [1.82, 2.24) is 9.97 Å². The van der Waals surface area contributed by atoms with Crippen LogP contribution >= 0.6 is 11.8 Å². The number of pyridine rings is 2. The second-order valence-corrected chi connectivity index (χ2v) is 4.53. The van der Waals surface area contributed by atoms with Crippen molar-refractivity contribution >= 4 is 11.8 Å². The maximum Gasteiger partial charge on any atom is 0.105 e. The zero-order chi connectivity index (χ0) is 11.4. The van der Waals surface area contributed by atoms with Gasteiger partial charge < -0.3 is 5.73 Å². The van der Waals surface area contributed by atoms with Crippen LogP contribution in [0, 0.1) is 0 Å². The summed E-state index contributed by atoms with van der Waals surface area (Å²) in [5, 5.41) is 0.962. The minimum Gasteiger partial charge on any atom is -0.324 e. The molecule has 4 heteroatoms. The molecule has 2 rings (SSSR count). The van der Waals surface area contributed by atoms with Crippen LogP contribution in [0.25, 0.3) is 0 Å². The van der Waals surface area contributed by atoms with E-state index in [1.165, 1.54) is 0 Å². The molecule has 0 aromatic carbocycles. The van der Waals surface area contributed by atoms with E-state index >= 15 is 0 Å². The summed E-state index contributed by atoms with van der Waals surface area (Å²) in [7, 11) is 0. The first kappa shape index (κ1) is 11.1. The van der Waals surface area contributed by atoms with Gasteiger partial charge in [0.1, 0.15) is 5.03 Å². The van der Waals surface area contributed by atoms with Gasteiger partial charge in [0.05, 0.1) is 0 Å². The molecule has 82 valence electrons. The van der Waals surface area contributed by atoms with Gasteiger partial charge in [-0.3, -0.25) is 4.98 Å². The van der Waals surface area contributed by atoms with Crippen molar-refractivity contribution in [1.29, 1.82) is 0 Å². The van der Waals surface area contributed by atoms with Gasteiger partial charge in [0.25, 0.3) is 0 Å². The lowest BCUT2D eigenvalue weighted by atomic mass is 10.2. The Bertz CT molecular complexity index is 457. The molecule has 0 saturated heterocycles. The molecule has 0 amide bonds. The Morgan fingerprint density at radius 1 is 1.19 bits per heavy atom. The summed E-state index contributed by atoms with van der Waals surface area (Å²) in [4.78, 5) is 9.46. The molecule has 0 fully saturated rings. The third-order valence-electron chi connectivity index (χ3n) is 2.16. The Labute approximate surface area is 99.1 Å². The van der Waals surface area contributed by atoms with Gasteiger partial charge in [0.15, 0.2) is 0 Å². The molecule has 0 radical (unpaired) electrons. The van der Waals surface area contributed by atoms with Gasteiger partial charge in [-0.05, 0) is 25.1 Å². The number of nitrogens with two attached hydrogens (primary N) is 1. The van der Waals surface area contributed by atoms with Crippen LogP contribution in [-0.2, 0) is 0 Å². The number of rotatable bonds is 3. The van der Waals surface area contributed by atoms with E-state index in [-0.39, 0.29) is 6.04 Å². The molecule has 1 atom stereocenters. The van der Waals surface area contributed by atoms with Crippen molar-refractivity contribution < 1.29 is 0 Å². The third kappa shape index (κ3) is 2.59. The normalized spacial score (nSPS) is 12.4. The maximum atomic E-state index is 5.90. The lowest BCUT2D eigenvalue weighted by Gasteiger charge is -2.10. The quantitative estimate of drug-likeness (QED) is 0.882. The average Bonchev–Trinajstić information content (AvgIpc) is 2.31. The predicted molar refractivity (Wildman–Crippen MR) is 65.2 cm³/mol. The second kappa shape index (κ2) is 5.09. The zero-order valence-corrected chi connectivity index (χ0v) is 9.82. The fraction of sp³-hybridized carbons (Fsp3) is 0.167. The lowest BCUT2D eigenvalue weighted by molar-refractivity contribution is 0.779. The first-order chi connectivity index (χ1) is 7.77. The van der Waals surface area contributed by atoms with E-state index in [2.05, 4.69) is 9.97 Å². The number of hydrogen-bond donors (Lipinski definition) is 1. The van der Waals surface area contributed by atoms with E-state index in [4.69, 9.17) is 5.73 Å². The van der Waals surface area contributed by atoms with Gasteiger partial charge in [0, 0.05) is 35.1 Å². The number of aromatic nitrogens is 2. The predicted octanol–water partition coefficient (Wildman–Crippen LogP) is 2.65. The van der Waals surface area contributed by atoms with Crippen LogP contribution in [0.5, 0.6) is 0 Å². The van der Waals surface area contributed by atoms with Crippen LogP contribution in [0.1, 0.15) is 18.5 Å². The summed E-state index contributed by atoms with van der Waals surface area (Å²) in [5.74, 6) is 0. The smallest absolute Gasteiger partial charge is 0.105 e. The average molecular weight is 231 g/mol. The van der Waals surface area contributed by atoms with Crippen LogP contribution in [0.4, 0.5) is 0 Å². The molecule has 1 unspecified atom stereocenters. The van der Waals surface area contributed by atoms with Crippen molar-refractivity contribution in [3.63, 3.8) is 0 Å². The van der Waals surface area contributed by atoms with Crippen molar-refractivity contribution in [2.75, 3.05) is 0 Å². The Morgan fingerprint density at radius 2 is 1.94 bits per heavy atom. The van der Waals surface area contributed by atoms with Gasteiger partial charge >= 0.3 is 0 Å². The van der Waals surface area contributed by atoms with E-state index in [9.17, 15) is 0 Å². The molecule has 2 aromatic heterocycles. The zero-order valence-electron chi connectivity index (χ0n) is 9.00. The summed E-state index contributed by atoms with van der Waals surface area (Å²) >= 11 is 1.61. The molecule has 0 bridgehead atoms. The molecular weight excluding hydrogens is 218 g/mol. The molecule has 2 aromatic rings. The van der Waals surface area contributed by atoms with E-state index < -0.39 is 0 Å². The molecule has 2 heterocycles. The molecular formula is C12H13N3S. The van der Waals surface area contributed by atoms with E-state index in [0.29, 0.717) is 0 Å². The molecule has 0 aliphatic rings. The minimum atomic E-state index is -0.00182. The Morgan fingerprint density at radius 3 is 2.62 bits per heavy atom. The fourth-order valence-electron chi connectivity index (χ4n) is 1.35. The summed E-state index contributed by atoms with van der Waals surface area (Å²) in [5.41, 5.74) is 6.98. The number of nitrogens with zero attached hydrogens (tertiary/aromatic N) is 2. The van der Waals surface area contributed by atoms with Gasteiger partial charge in [-0.2, -0.15) is 0 Å². The Kier molecular flexibility index (Phi) is 3.54. The first-order valence-corrected chi connectivity index (χ1v) is 5.87. The molecule has 0 aliphatic heterocycles.